The lowest BCUT2D eigenvalue weighted by Gasteiger charge is -2.34. The Bertz CT molecular complexity index is 405. The van der Waals surface area contributed by atoms with Gasteiger partial charge in [0.2, 0.25) is 0 Å². The Labute approximate surface area is 101 Å². The molecule has 0 saturated carbocycles. The molecule has 17 heavy (non-hydrogen) atoms. The van der Waals surface area contributed by atoms with Crippen molar-refractivity contribution in [3.63, 3.8) is 0 Å². The molecule has 1 heterocycles. The number of ether oxygens (including phenoxy) is 1. The number of carbonyl (C=O) groups is 1. The summed E-state index contributed by atoms with van der Waals surface area (Å²) in [4.78, 5) is 13.4. The van der Waals surface area contributed by atoms with Crippen molar-refractivity contribution in [1.29, 1.82) is 0 Å². The minimum absolute atomic E-state index is 0.532. The van der Waals surface area contributed by atoms with Crippen LogP contribution in [-0.2, 0) is 16.0 Å². The maximum atomic E-state index is 11.4. The summed E-state index contributed by atoms with van der Waals surface area (Å²) in [6, 6.07) is 7.25. The van der Waals surface area contributed by atoms with E-state index < -0.39 is 12.0 Å². The van der Waals surface area contributed by atoms with E-state index in [1.165, 1.54) is 0 Å². The van der Waals surface area contributed by atoms with E-state index in [0.29, 0.717) is 13.2 Å². The Hall–Kier alpha value is -1.39. The third-order valence-electron chi connectivity index (χ3n) is 3.20. The van der Waals surface area contributed by atoms with E-state index in [0.717, 1.165) is 24.1 Å². The SMILES string of the molecule is COCCN1CCc2ccccc2C1C(=O)O. The third kappa shape index (κ3) is 2.48. The number of hydrogen-bond acceptors (Lipinski definition) is 3. The van der Waals surface area contributed by atoms with Crippen molar-refractivity contribution < 1.29 is 14.6 Å². The molecule has 4 heteroatoms. The van der Waals surface area contributed by atoms with Crippen LogP contribution in [0.25, 0.3) is 0 Å². The van der Waals surface area contributed by atoms with Crippen molar-refractivity contribution in [3.05, 3.63) is 35.4 Å². The number of fused-ring (bicyclic) bond motifs is 1. The summed E-state index contributed by atoms with van der Waals surface area (Å²) in [6.07, 6.45) is 0.906. The van der Waals surface area contributed by atoms with Crippen LogP contribution in [0.3, 0.4) is 0 Å². The van der Waals surface area contributed by atoms with Gasteiger partial charge in [0, 0.05) is 20.2 Å². The monoisotopic (exact) mass is 235 g/mol. The number of methoxy groups -OCH3 is 1. The normalized spacial score (nSPS) is 19.9. The molecule has 0 aliphatic carbocycles. The van der Waals surface area contributed by atoms with Crippen LogP contribution < -0.4 is 0 Å². The van der Waals surface area contributed by atoms with E-state index in [1.54, 1.807) is 7.11 Å². The van der Waals surface area contributed by atoms with Gasteiger partial charge in [-0.3, -0.25) is 9.69 Å². The molecule has 1 unspecified atom stereocenters. The third-order valence-corrected chi connectivity index (χ3v) is 3.20. The van der Waals surface area contributed by atoms with Crippen LogP contribution in [-0.4, -0.2) is 42.8 Å². The van der Waals surface area contributed by atoms with Crippen LogP contribution in [0.2, 0.25) is 0 Å². The number of carboxylic acids is 1. The first kappa shape index (κ1) is 12.1. The summed E-state index contributed by atoms with van der Waals surface area (Å²) in [6.45, 7) is 1.99. The van der Waals surface area contributed by atoms with Crippen molar-refractivity contribution in [1.82, 2.24) is 4.90 Å². The minimum atomic E-state index is -0.784. The number of rotatable bonds is 4. The van der Waals surface area contributed by atoms with E-state index in [9.17, 15) is 9.90 Å². The van der Waals surface area contributed by atoms with Gasteiger partial charge in [0.05, 0.1) is 6.61 Å². The molecule has 1 aromatic rings. The highest BCUT2D eigenvalue weighted by Crippen LogP contribution is 2.29. The van der Waals surface area contributed by atoms with Gasteiger partial charge in [-0.1, -0.05) is 24.3 Å². The van der Waals surface area contributed by atoms with Gasteiger partial charge in [0.25, 0.3) is 0 Å². The Morgan fingerprint density at radius 1 is 1.53 bits per heavy atom. The van der Waals surface area contributed by atoms with Crippen LogP contribution in [0, 0.1) is 0 Å². The number of hydrogen-bond donors (Lipinski definition) is 1. The predicted molar refractivity (Wildman–Crippen MR) is 64.0 cm³/mol. The summed E-state index contributed by atoms with van der Waals surface area (Å²) in [5.74, 6) is -0.784. The lowest BCUT2D eigenvalue weighted by Crippen LogP contribution is -2.41. The highest BCUT2D eigenvalue weighted by molar-refractivity contribution is 5.76. The van der Waals surface area contributed by atoms with Crippen LogP contribution in [0.1, 0.15) is 17.2 Å². The summed E-state index contributed by atoms with van der Waals surface area (Å²) in [5, 5.41) is 9.37. The summed E-state index contributed by atoms with van der Waals surface area (Å²) >= 11 is 0. The summed E-state index contributed by atoms with van der Waals surface area (Å²) in [5.41, 5.74) is 2.07. The van der Waals surface area contributed by atoms with E-state index >= 15 is 0 Å². The second-order valence-electron chi connectivity index (χ2n) is 4.22. The Morgan fingerprint density at radius 3 is 3.00 bits per heavy atom. The molecule has 0 saturated heterocycles. The molecule has 0 bridgehead atoms. The van der Waals surface area contributed by atoms with Gasteiger partial charge in [-0.15, -0.1) is 0 Å². The quantitative estimate of drug-likeness (QED) is 0.855. The molecule has 1 aliphatic rings. The standard InChI is InChI=1S/C13H17NO3/c1-17-9-8-14-7-6-10-4-2-3-5-11(10)12(14)13(15)16/h2-5,12H,6-9H2,1H3,(H,15,16). The average molecular weight is 235 g/mol. The van der Waals surface area contributed by atoms with Crippen molar-refractivity contribution in [2.75, 3.05) is 26.8 Å². The van der Waals surface area contributed by atoms with Gasteiger partial charge < -0.3 is 9.84 Å². The summed E-state index contributed by atoms with van der Waals surface area (Å²) < 4.78 is 5.03. The first-order chi connectivity index (χ1) is 8.24. The molecule has 1 atom stereocenters. The molecule has 0 amide bonds. The molecule has 1 N–H and O–H groups in total. The maximum absolute atomic E-state index is 11.4. The van der Waals surface area contributed by atoms with Crippen LogP contribution >= 0.6 is 0 Å². The van der Waals surface area contributed by atoms with Crippen LogP contribution in [0.5, 0.6) is 0 Å². The van der Waals surface area contributed by atoms with Crippen molar-refractivity contribution in [2.24, 2.45) is 0 Å². The molecule has 0 aromatic heterocycles. The zero-order valence-electron chi connectivity index (χ0n) is 9.93. The number of aliphatic carboxylic acids is 1. The molecular formula is C13H17NO3. The van der Waals surface area contributed by atoms with Crippen LogP contribution in [0.15, 0.2) is 24.3 Å². The molecule has 1 aliphatic heterocycles. The maximum Gasteiger partial charge on any atom is 0.325 e. The van der Waals surface area contributed by atoms with E-state index in [4.69, 9.17) is 4.74 Å². The Morgan fingerprint density at radius 2 is 2.29 bits per heavy atom. The highest BCUT2D eigenvalue weighted by Gasteiger charge is 2.32. The smallest absolute Gasteiger partial charge is 0.325 e. The van der Waals surface area contributed by atoms with Gasteiger partial charge in [0.15, 0.2) is 0 Å². The first-order valence-electron chi connectivity index (χ1n) is 5.77. The van der Waals surface area contributed by atoms with Crippen LogP contribution in [0.4, 0.5) is 0 Å². The van der Waals surface area contributed by atoms with Gasteiger partial charge in [-0.05, 0) is 17.5 Å². The molecular weight excluding hydrogens is 218 g/mol. The number of benzene rings is 1. The second-order valence-corrected chi connectivity index (χ2v) is 4.22. The fourth-order valence-electron chi connectivity index (χ4n) is 2.36. The fourth-order valence-corrected chi connectivity index (χ4v) is 2.36. The Balaban J connectivity index is 2.26. The van der Waals surface area contributed by atoms with Crippen molar-refractivity contribution in [2.45, 2.75) is 12.5 Å². The topological polar surface area (TPSA) is 49.8 Å². The van der Waals surface area contributed by atoms with E-state index in [-0.39, 0.29) is 0 Å². The second kappa shape index (κ2) is 5.29. The fraction of sp³-hybridized carbons (Fsp3) is 0.462. The van der Waals surface area contributed by atoms with Gasteiger partial charge in [0.1, 0.15) is 6.04 Å². The lowest BCUT2D eigenvalue weighted by molar-refractivity contribution is -0.144. The lowest BCUT2D eigenvalue weighted by atomic mass is 9.92. The zero-order valence-corrected chi connectivity index (χ0v) is 9.93. The molecule has 0 fully saturated rings. The van der Waals surface area contributed by atoms with Crippen molar-refractivity contribution in [3.8, 4) is 0 Å². The summed E-state index contributed by atoms with van der Waals surface area (Å²) in [7, 11) is 1.63. The molecule has 1 aromatic carbocycles. The largest absolute Gasteiger partial charge is 0.480 e. The minimum Gasteiger partial charge on any atom is -0.480 e. The van der Waals surface area contributed by atoms with Gasteiger partial charge in [-0.2, -0.15) is 0 Å². The predicted octanol–water partition coefficient (Wildman–Crippen LogP) is 1.32. The van der Waals surface area contributed by atoms with Gasteiger partial charge in [-0.25, -0.2) is 0 Å². The number of carboxylic acid groups (broad SMARTS) is 1. The van der Waals surface area contributed by atoms with E-state index in [2.05, 4.69) is 0 Å². The molecule has 4 nitrogen and oxygen atoms in total. The molecule has 2 rings (SSSR count). The zero-order chi connectivity index (χ0) is 12.3. The first-order valence-corrected chi connectivity index (χ1v) is 5.77. The molecule has 92 valence electrons. The molecule has 0 spiro atoms. The average Bonchev–Trinajstić information content (AvgIpc) is 2.35. The van der Waals surface area contributed by atoms with Crippen molar-refractivity contribution >= 4 is 5.97 Å². The van der Waals surface area contributed by atoms with Gasteiger partial charge >= 0.3 is 5.97 Å². The van der Waals surface area contributed by atoms with E-state index in [1.807, 2.05) is 29.2 Å². The number of nitrogens with zero attached hydrogens (tertiary/aromatic N) is 1. The molecule has 0 radical (unpaired) electrons. The highest BCUT2D eigenvalue weighted by atomic mass is 16.5. The Kier molecular flexibility index (Phi) is 3.76.